The van der Waals surface area contributed by atoms with E-state index in [0.29, 0.717) is 12.8 Å². The lowest BCUT2D eigenvalue weighted by Gasteiger charge is -2.38. The normalized spacial score (nSPS) is 28.4. The molecule has 0 N–H and O–H groups in total. The maximum atomic E-state index is 12.5. The third-order valence-electron chi connectivity index (χ3n) is 4.00. The Kier molecular flexibility index (Phi) is 1.77. The fraction of sp³-hybridized carbons (Fsp3) is 0.286. The quantitative estimate of drug-likeness (QED) is 0.680. The molecule has 4 heteroatoms. The highest BCUT2D eigenvalue weighted by Crippen LogP contribution is 2.38. The zero-order valence-corrected chi connectivity index (χ0v) is 9.74. The Morgan fingerprint density at radius 2 is 1.89 bits per heavy atom. The standard InChI is InChI=1S/C14H12N2O2/c17-13-12-8-9-4-1-2-5-10(9)16(12)14(18)11-6-3-7-15(11)13/h1-5,7,11-12H,6,8H2/t11-,12+/m0/s1. The number of anilines is 1. The molecule has 0 aromatic heterocycles. The maximum absolute atomic E-state index is 12.5. The van der Waals surface area contributed by atoms with Gasteiger partial charge in [0.1, 0.15) is 12.1 Å². The van der Waals surface area contributed by atoms with Gasteiger partial charge in [-0.2, -0.15) is 0 Å². The van der Waals surface area contributed by atoms with Crippen molar-refractivity contribution in [1.29, 1.82) is 0 Å². The molecule has 3 aliphatic heterocycles. The zero-order valence-electron chi connectivity index (χ0n) is 9.74. The minimum atomic E-state index is -0.339. The highest BCUT2D eigenvalue weighted by Gasteiger charge is 2.50. The molecule has 0 bridgehead atoms. The number of benzene rings is 1. The van der Waals surface area contributed by atoms with Crippen molar-refractivity contribution >= 4 is 17.5 Å². The molecule has 2 amide bonds. The second-order valence-electron chi connectivity index (χ2n) is 4.94. The number of hydrogen-bond donors (Lipinski definition) is 0. The molecule has 0 saturated carbocycles. The van der Waals surface area contributed by atoms with Crippen LogP contribution in [0, 0.1) is 0 Å². The van der Waals surface area contributed by atoms with Crippen LogP contribution in [-0.4, -0.2) is 28.8 Å². The molecule has 18 heavy (non-hydrogen) atoms. The van der Waals surface area contributed by atoms with E-state index >= 15 is 0 Å². The van der Waals surface area contributed by atoms with E-state index in [1.807, 2.05) is 30.3 Å². The van der Waals surface area contributed by atoms with Crippen LogP contribution in [0.2, 0.25) is 0 Å². The van der Waals surface area contributed by atoms with Crippen molar-refractivity contribution in [3.63, 3.8) is 0 Å². The van der Waals surface area contributed by atoms with Gasteiger partial charge in [0.05, 0.1) is 0 Å². The second kappa shape index (κ2) is 3.22. The van der Waals surface area contributed by atoms with Gasteiger partial charge in [0.15, 0.2) is 0 Å². The zero-order chi connectivity index (χ0) is 12.3. The van der Waals surface area contributed by atoms with Crippen LogP contribution in [0.15, 0.2) is 36.5 Å². The molecule has 3 heterocycles. The number of para-hydroxylation sites is 1. The van der Waals surface area contributed by atoms with Gasteiger partial charge in [-0.1, -0.05) is 24.3 Å². The first-order valence-electron chi connectivity index (χ1n) is 6.17. The van der Waals surface area contributed by atoms with Crippen LogP contribution in [-0.2, 0) is 16.0 Å². The highest BCUT2D eigenvalue weighted by molar-refractivity contribution is 6.11. The Hall–Kier alpha value is -2.10. The van der Waals surface area contributed by atoms with Crippen LogP contribution in [0.3, 0.4) is 0 Å². The lowest BCUT2D eigenvalue weighted by Crippen LogP contribution is -2.61. The van der Waals surface area contributed by atoms with Crippen molar-refractivity contribution < 1.29 is 9.59 Å². The van der Waals surface area contributed by atoms with E-state index in [9.17, 15) is 9.59 Å². The molecule has 3 aliphatic rings. The predicted molar refractivity (Wildman–Crippen MR) is 65.8 cm³/mol. The topological polar surface area (TPSA) is 40.6 Å². The number of nitrogens with zero attached hydrogens (tertiary/aromatic N) is 2. The SMILES string of the molecule is O=C1[C@H]2Cc3ccccc3N2C(=O)[C@@H]2CC=CN12. The first kappa shape index (κ1) is 9.88. The summed E-state index contributed by atoms with van der Waals surface area (Å²) in [6.45, 7) is 0. The number of piperazine rings is 1. The van der Waals surface area contributed by atoms with E-state index in [1.165, 1.54) is 0 Å². The van der Waals surface area contributed by atoms with Crippen molar-refractivity contribution in [1.82, 2.24) is 4.90 Å². The van der Waals surface area contributed by atoms with Crippen LogP contribution in [0.1, 0.15) is 12.0 Å². The third kappa shape index (κ3) is 1.05. The summed E-state index contributed by atoms with van der Waals surface area (Å²) in [4.78, 5) is 28.2. The molecule has 1 fully saturated rings. The van der Waals surface area contributed by atoms with Gasteiger partial charge in [-0.25, -0.2) is 0 Å². The summed E-state index contributed by atoms with van der Waals surface area (Å²) in [6, 6.07) is 7.13. The van der Waals surface area contributed by atoms with Crippen molar-refractivity contribution in [2.75, 3.05) is 4.90 Å². The molecule has 0 aliphatic carbocycles. The molecule has 1 aromatic carbocycles. The van der Waals surface area contributed by atoms with Gasteiger partial charge in [-0.15, -0.1) is 0 Å². The van der Waals surface area contributed by atoms with Gasteiger partial charge in [-0.05, 0) is 18.1 Å². The van der Waals surface area contributed by atoms with Gasteiger partial charge in [0.25, 0.3) is 11.8 Å². The predicted octanol–water partition coefficient (Wildman–Crippen LogP) is 1.07. The second-order valence-corrected chi connectivity index (χ2v) is 4.94. The van der Waals surface area contributed by atoms with Crippen LogP contribution in [0.25, 0.3) is 0 Å². The monoisotopic (exact) mass is 240 g/mol. The lowest BCUT2D eigenvalue weighted by molar-refractivity contribution is -0.141. The first-order chi connectivity index (χ1) is 8.77. The molecular weight excluding hydrogens is 228 g/mol. The number of carbonyl (C=O) groups is 2. The van der Waals surface area contributed by atoms with E-state index in [1.54, 1.807) is 16.0 Å². The molecule has 1 saturated heterocycles. The lowest BCUT2D eigenvalue weighted by atomic mass is 10.0. The van der Waals surface area contributed by atoms with Crippen LogP contribution in [0.5, 0.6) is 0 Å². The van der Waals surface area contributed by atoms with Crippen molar-refractivity contribution in [2.24, 2.45) is 0 Å². The van der Waals surface area contributed by atoms with Gasteiger partial charge in [-0.3, -0.25) is 14.5 Å². The molecule has 4 nitrogen and oxygen atoms in total. The molecule has 0 unspecified atom stereocenters. The summed E-state index contributed by atoms with van der Waals surface area (Å²) in [5.41, 5.74) is 2.00. The van der Waals surface area contributed by atoms with E-state index in [2.05, 4.69) is 0 Å². The molecule has 1 aromatic rings. The van der Waals surface area contributed by atoms with Crippen molar-refractivity contribution in [3.05, 3.63) is 42.1 Å². The Morgan fingerprint density at radius 3 is 2.78 bits per heavy atom. The first-order valence-corrected chi connectivity index (χ1v) is 6.17. The molecule has 0 radical (unpaired) electrons. The third-order valence-corrected chi connectivity index (χ3v) is 4.00. The Morgan fingerprint density at radius 1 is 1.06 bits per heavy atom. The Balaban J connectivity index is 1.84. The number of rotatable bonds is 0. The van der Waals surface area contributed by atoms with Crippen molar-refractivity contribution in [3.8, 4) is 0 Å². The summed E-state index contributed by atoms with van der Waals surface area (Å²) in [7, 11) is 0. The summed E-state index contributed by atoms with van der Waals surface area (Å²) < 4.78 is 0. The van der Waals surface area contributed by atoms with Gasteiger partial charge in [0, 0.05) is 18.3 Å². The van der Waals surface area contributed by atoms with E-state index in [0.717, 1.165) is 11.3 Å². The van der Waals surface area contributed by atoms with E-state index in [4.69, 9.17) is 0 Å². The number of amides is 2. The molecule has 4 rings (SSSR count). The molecule has 0 spiro atoms. The number of fused-ring (bicyclic) bond motifs is 4. The highest BCUT2D eigenvalue weighted by atomic mass is 16.2. The minimum absolute atomic E-state index is 0.0459. The van der Waals surface area contributed by atoms with Crippen LogP contribution in [0.4, 0.5) is 5.69 Å². The number of carbonyl (C=O) groups excluding carboxylic acids is 2. The summed E-state index contributed by atoms with van der Waals surface area (Å²) in [6.07, 6.45) is 4.92. The maximum Gasteiger partial charge on any atom is 0.251 e. The minimum Gasteiger partial charge on any atom is -0.305 e. The summed E-state index contributed by atoms with van der Waals surface area (Å²) >= 11 is 0. The smallest absolute Gasteiger partial charge is 0.251 e. The summed E-state index contributed by atoms with van der Waals surface area (Å²) in [5, 5.41) is 0. The number of hydrogen-bond acceptors (Lipinski definition) is 2. The van der Waals surface area contributed by atoms with E-state index in [-0.39, 0.29) is 23.9 Å². The fourth-order valence-corrected chi connectivity index (χ4v) is 3.16. The average molecular weight is 240 g/mol. The average Bonchev–Trinajstić information content (AvgIpc) is 3.00. The largest absolute Gasteiger partial charge is 0.305 e. The van der Waals surface area contributed by atoms with Crippen molar-refractivity contribution in [2.45, 2.75) is 24.9 Å². The molecule has 90 valence electrons. The van der Waals surface area contributed by atoms with Crippen LogP contribution >= 0.6 is 0 Å². The van der Waals surface area contributed by atoms with Gasteiger partial charge >= 0.3 is 0 Å². The molecule has 2 atom stereocenters. The van der Waals surface area contributed by atoms with Crippen LogP contribution < -0.4 is 4.90 Å². The fourth-order valence-electron chi connectivity index (χ4n) is 3.16. The Bertz CT molecular complexity index is 593. The Labute approximate surface area is 104 Å². The molecular formula is C14H12N2O2. The van der Waals surface area contributed by atoms with Gasteiger partial charge < -0.3 is 4.90 Å². The van der Waals surface area contributed by atoms with Gasteiger partial charge in [0.2, 0.25) is 0 Å². The summed E-state index contributed by atoms with van der Waals surface area (Å²) in [5.74, 6) is 0.0964. The van der Waals surface area contributed by atoms with E-state index < -0.39 is 0 Å².